The smallest absolute Gasteiger partial charge is 0.407 e. The van der Waals surface area contributed by atoms with Crippen molar-refractivity contribution < 1.29 is 33.2 Å². The van der Waals surface area contributed by atoms with Gasteiger partial charge in [0.05, 0.1) is 37.6 Å². The van der Waals surface area contributed by atoms with Gasteiger partial charge in [0.1, 0.15) is 23.6 Å². The Morgan fingerprint density at radius 2 is 2.12 bits per heavy atom. The number of carbonyl (C=O) groups is 1. The van der Waals surface area contributed by atoms with Gasteiger partial charge < -0.3 is 29.4 Å². The zero-order valence-corrected chi connectivity index (χ0v) is 18.7. The van der Waals surface area contributed by atoms with Crippen LogP contribution in [0.2, 0.25) is 0 Å². The summed E-state index contributed by atoms with van der Waals surface area (Å²) in [5, 5.41) is 14.0. The number of fused-ring (bicyclic) bond motifs is 3. The number of nitrogens with one attached hydrogen (secondary N) is 1. The lowest BCUT2D eigenvalue weighted by Gasteiger charge is -2.31. The fourth-order valence-electron chi connectivity index (χ4n) is 4.21. The van der Waals surface area contributed by atoms with Crippen LogP contribution in [0, 0.1) is 5.82 Å². The molecule has 174 valence electrons. The molecule has 1 aromatic carbocycles. The second-order valence-electron chi connectivity index (χ2n) is 9.22. The monoisotopic (exact) mass is 448 g/mol. The van der Waals surface area contributed by atoms with Crippen molar-refractivity contribution in [3.8, 4) is 11.5 Å². The summed E-state index contributed by atoms with van der Waals surface area (Å²) in [4.78, 5) is 16.2. The first-order valence-corrected chi connectivity index (χ1v) is 10.8. The normalized spacial score (nSPS) is 25.2. The topological polar surface area (TPSA) is 99.1 Å². The van der Waals surface area contributed by atoms with Gasteiger partial charge in [-0.1, -0.05) is 0 Å². The molecule has 2 aliphatic rings. The van der Waals surface area contributed by atoms with Crippen molar-refractivity contribution in [3.05, 3.63) is 29.7 Å². The van der Waals surface area contributed by atoms with E-state index in [2.05, 4.69) is 10.3 Å². The number of methoxy groups -OCH3 is 1. The van der Waals surface area contributed by atoms with Gasteiger partial charge in [-0.05, 0) is 45.7 Å². The number of halogens is 1. The maximum Gasteiger partial charge on any atom is 0.407 e. The Labute approximate surface area is 186 Å². The molecule has 1 saturated heterocycles. The SMILES string of the molecule is COc1ccc2ncc3c(c2c1F)C(O)C(C[C@@H]1CC[C@@H](NC(=O)OC(C)(C)C)CO1)O3. The van der Waals surface area contributed by atoms with E-state index in [1.54, 1.807) is 6.07 Å². The standard InChI is InChI=1S/C23H29FN2O6/c1-23(2,3)32-22(28)26-12-5-6-13(30-11-12)9-16-21(27)19-17(31-16)10-25-14-7-8-15(29-4)20(24)18(14)19/h7-8,10,12-13,16,21,27H,5-6,9,11H2,1-4H3,(H,26,28)/t12-,13+,16?,21?/m1/s1. The summed E-state index contributed by atoms with van der Waals surface area (Å²) in [7, 11) is 1.39. The lowest BCUT2D eigenvalue weighted by Crippen LogP contribution is -2.45. The van der Waals surface area contributed by atoms with Crippen LogP contribution in [0.1, 0.15) is 51.7 Å². The highest BCUT2D eigenvalue weighted by molar-refractivity contribution is 5.87. The highest BCUT2D eigenvalue weighted by atomic mass is 19.1. The number of hydrogen-bond acceptors (Lipinski definition) is 7. The summed E-state index contributed by atoms with van der Waals surface area (Å²) in [5.41, 5.74) is 0.252. The molecule has 0 saturated carbocycles. The molecule has 4 rings (SSSR count). The molecule has 9 heteroatoms. The van der Waals surface area contributed by atoms with Crippen molar-refractivity contribution in [2.45, 2.75) is 70.0 Å². The number of aliphatic hydroxyl groups is 1. The van der Waals surface area contributed by atoms with Crippen molar-refractivity contribution in [1.29, 1.82) is 0 Å². The maximum absolute atomic E-state index is 14.9. The first-order valence-electron chi connectivity index (χ1n) is 10.8. The lowest BCUT2D eigenvalue weighted by atomic mass is 9.95. The summed E-state index contributed by atoms with van der Waals surface area (Å²) in [6, 6.07) is 3.02. The highest BCUT2D eigenvalue weighted by Crippen LogP contribution is 2.44. The third-order valence-corrected chi connectivity index (χ3v) is 5.67. The number of amides is 1. The van der Waals surface area contributed by atoms with Crippen molar-refractivity contribution in [2.24, 2.45) is 0 Å². The average Bonchev–Trinajstić information content (AvgIpc) is 3.04. The van der Waals surface area contributed by atoms with E-state index in [9.17, 15) is 14.3 Å². The molecule has 8 nitrogen and oxygen atoms in total. The van der Waals surface area contributed by atoms with Gasteiger partial charge in [-0.2, -0.15) is 0 Å². The summed E-state index contributed by atoms with van der Waals surface area (Å²) < 4.78 is 37.1. The van der Waals surface area contributed by atoms with Gasteiger partial charge in [-0.15, -0.1) is 0 Å². The van der Waals surface area contributed by atoms with Gasteiger partial charge in [0.2, 0.25) is 0 Å². The second kappa shape index (κ2) is 8.71. The van der Waals surface area contributed by atoms with Gasteiger partial charge in [0.15, 0.2) is 11.6 Å². The average molecular weight is 448 g/mol. The van der Waals surface area contributed by atoms with Gasteiger partial charge in [-0.25, -0.2) is 9.18 Å². The molecule has 4 atom stereocenters. The Kier molecular flexibility index (Phi) is 6.13. The molecule has 2 N–H and O–H groups in total. The van der Waals surface area contributed by atoms with Crippen LogP contribution in [0.15, 0.2) is 18.3 Å². The summed E-state index contributed by atoms with van der Waals surface area (Å²) in [5.74, 6) is -0.118. The minimum Gasteiger partial charge on any atom is -0.494 e. The van der Waals surface area contributed by atoms with Crippen molar-refractivity contribution in [2.75, 3.05) is 13.7 Å². The molecule has 2 aromatic rings. The maximum atomic E-state index is 14.9. The molecule has 0 aliphatic carbocycles. The van der Waals surface area contributed by atoms with Crippen LogP contribution in [0.25, 0.3) is 10.9 Å². The van der Waals surface area contributed by atoms with Crippen LogP contribution in [-0.2, 0) is 9.47 Å². The lowest BCUT2D eigenvalue weighted by molar-refractivity contribution is -0.0422. The van der Waals surface area contributed by atoms with Crippen LogP contribution in [0.5, 0.6) is 11.5 Å². The first-order chi connectivity index (χ1) is 15.2. The Balaban J connectivity index is 1.39. The van der Waals surface area contributed by atoms with E-state index < -0.39 is 29.7 Å². The van der Waals surface area contributed by atoms with E-state index in [-0.39, 0.29) is 23.3 Å². The molecule has 2 aliphatic heterocycles. The van der Waals surface area contributed by atoms with Crippen LogP contribution < -0.4 is 14.8 Å². The van der Waals surface area contributed by atoms with Gasteiger partial charge in [0, 0.05) is 17.4 Å². The molecule has 1 aromatic heterocycles. The predicted molar refractivity (Wildman–Crippen MR) is 114 cm³/mol. The molecule has 1 fully saturated rings. The predicted octanol–water partition coefficient (Wildman–Crippen LogP) is 3.64. The molecule has 0 bridgehead atoms. The molecular formula is C23H29FN2O6. The van der Waals surface area contributed by atoms with Gasteiger partial charge in [0.25, 0.3) is 0 Å². The van der Waals surface area contributed by atoms with E-state index in [4.69, 9.17) is 18.9 Å². The van der Waals surface area contributed by atoms with Crippen molar-refractivity contribution >= 4 is 17.0 Å². The third kappa shape index (κ3) is 4.59. The largest absolute Gasteiger partial charge is 0.494 e. The quantitative estimate of drug-likeness (QED) is 0.737. The van der Waals surface area contributed by atoms with Gasteiger partial charge >= 0.3 is 6.09 Å². The van der Waals surface area contributed by atoms with E-state index >= 15 is 0 Å². The van der Waals surface area contributed by atoms with Crippen LogP contribution in [-0.4, -0.2) is 53.8 Å². The fourth-order valence-corrected chi connectivity index (χ4v) is 4.21. The Bertz CT molecular complexity index is 1000. The molecule has 0 spiro atoms. The third-order valence-electron chi connectivity index (χ3n) is 5.67. The van der Waals surface area contributed by atoms with E-state index in [1.807, 2.05) is 20.8 Å². The molecule has 3 heterocycles. The zero-order valence-electron chi connectivity index (χ0n) is 18.7. The van der Waals surface area contributed by atoms with Crippen LogP contribution >= 0.6 is 0 Å². The van der Waals surface area contributed by atoms with Crippen molar-refractivity contribution in [1.82, 2.24) is 10.3 Å². The molecule has 2 unspecified atom stereocenters. The summed E-state index contributed by atoms with van der Waals surface area (Å²) in [6.07, 6.45) is 1.13. The van der Waals surface area contributed by atoms with Crippen molar-refractivity contribution in [3.63, 3.8) is 0 Å². The first kappa shape index (κ1) is 22.5. The minimum atomic E-state index is -1.02. The number of ether oxygens (including phenoxy) is 4. The summed E-state index contributed by atoms with van der Waals surface area (Å²) >= 11 is 0. The number of rotatable bonds is 4. The number of aromatic nitrogens is 1. The van der Waals surface area contributed by atoms with Crippen LogP contribution in [0.4, 0.5) is 9.18 Å². The minimum absolute atomic E-state index is 0.0856. The number of benzene rings is 1. The van der Waals surface area contributed by atoms with Gasteiger partial charge in [-0.3, -0.25) is 4.98 Å². The zero-order chi connectivity index (χ0) is 23.0. The highest BCUT2D eigenvalue weighted by Gasteiger charge is 2.39. The number of nitrogens with zero attached hydrogens (tertiary/aromatic N) is 1. The molecule has 1 amide bonds. The van der Waals surface area contributed by atoms with E-state index in [0.29, 0.717) is 36.3 Å². The number of alkyl carbamates (subject to hydrolysis) is 1. The number of aliphatic hydroxyl groups excluding tert-OH is 1. The Hall–Kier alpha value is -2.65. The Morgan fingerprint density at radius 3 is 2.78 bits per heavy atom. The Morgan fingerprint density at radius 1 is 1.34 bits per heavy atom. The molecule has 0 radical (unpaired) electrons. The second-order valence-corrected chi connectivity index (χ2v) is 9.22. The molecule has 32 heavy (non-hydrogen) atoms. The number of hydrogen-bond donors (Lipinski definition) is 2. The number of pyridine rings is 1. The summed E-state index contributed by atoms with van der Waals surface area (Å²) in [6.45, 7) is 5.78. The van der Waals surface area contributed by atoms with Crippen LogP contribution in [0.3, 0.4) is 0 Å². The molecular weight excluding hydrogens is 419 g/mol. The fraction of sp³-hybridized carbons (Fsp3) is 0.565. The van der Waals surface area contributed by atoms with E-state index in [0.717, 1.165) is 6.42 Å². The van der Waals surface area contributed by atoms with E-state index in [1.165, 1.54) is 19.4 Å². The number of carbonyl (C=O) groups excluding carboxylic acids is 1.